The third-order valence-electron chi connectivity index (χ3n) is 5.02. The van der Waals surface area contributed by atoms with Crippen molar-refractivity contribution < 1.29 is 18.0 Å². The molecule has 0 aliphatic heterocycles. The minimum Gasteiger partial charge on any atom is -0.355 e. The Hall–Kier alpha value is -1.52. The van der Waals surface area contributed by atoms with Gasteiger partial charge >= 0.3 is 0 Å². The second-order valence-corrected chi connectivity index (χ2v) is 6.61. The summed E-state index contributed by atoms with van der Waals surface area (Å²) in [4.78, 5) is 11.9. The monoisotopic (exact) mass is 311 g/mol. The third kappa shape index (κ3) is 2.99. The van der Waals surface area contributed by atoms with Gasteiger partial charge < -0.3 is 5.32 Å². The predicted octanol–water partition coefficient (Wildman–Crippen LogP) is 3.80. The zero-order chi connectivity index (χ0) is 15.8. The van der Waals surface area contributed by atoms with Crippen LogP contribution in [0.1, 0.15) is 44.1 Å². The predicted molar refractivity (Wildman–Crippen MR) is 77.2 cm³/mol. The molecule has 2 aliphatic rings. The lowest BCUT2D eigenvalue weighted by molar-refractivity contribution is -0.122. The fourth-order valence-electron chi connectivity index (χ4n) is 3.54. The standard InChI is InChI=1S/C17H20F3NO/c18-14-6-2-1-5-13(14)16(7-3-4-8-16)11-21-15(22)9-12-10-17(12,19)20/h1-2,5-6,12H,3-4,7-11H2,(H,21,22)/t12-/m1/s1. The number of nitrogens with one attached hydrogen (secondary N) is 1. The number of halogens is 3. The van der Waals surface area contributed by atoms with E-state index < -0.39 is 17.3 Å². The molecule has 0 unspecified atom stereocenters. The molecule has 1 amide bonds. The number of rotatable bonds is 5. The average molecular weight is 311 g/mol. The van der Waals surface area contributed by atoms with Crippen molar-refractivity contribution in [2.24, 2.45) is 5.92 Å². The van der Waals surface area contributed by atoms with Crippen LogP contribution in [0.25, 0.3) is 0 Å². The highest BCUT2D eigenvalue weighted by Crippen LogP contribution is 2.50. The van der Waals surface area contributed by atoms with Crippen molar-refractivity contribution in [3.63, 3.8) is 0 Å². The molecule has 0 aromatic heterocycles. The number of benzene rings is 1. The first-order valence-corrected chi connectivity index (χ1v) is 7.82. The van der Waals surface area contributed by atoms with Gasteiger partial charge in [-0.3, -0.25) is 4.79 Å². The number of hydrogen-bond acceptors (Lipinski definition) is 1. The van der Waals surface area contributed by atoms with Gasteiger partial charge in [-0.05, 0) is 24.5 Å². The summed E-state index contributed by atoms with van der Waals surface area (Å²) in [6.07, 6.45) is 3.27. The van der Waals surface area contributed by atoms with Crippen LogP contribution in [0.4, 0.5) is 13.2 Å². The Morgan fingerprint density at radius 1 is 1.23 bits per heavy atom. The Bertz CT molecular complexity index is 567. The van der Waals surface area contributed by atoms with Gasteiger partial charge in [-0.25, -0.2) is 13.2 Å². The molecule has 120 valence electrons. The molecule has 22 heavy (non-hydrogen) atoms. The molecule has 1 N–H and O–H groups in total. The molecular formula is C17H20F3NO. The van der Waals surface area contributed by atoms with E-state index in [-0.39, 0.29) is 24.6 Å². The quantitative estimate of drug-likeness (QED) is 0.880. The van der Waals surface area contributed by atoms with Crippen molar-refractivity contribution in [3.8, 4) is 0 Å². The van der Waals surface area contributed by atoms with Gasteiger partial charge in [0.15, 0.2) is 0 Å². The van der Waals surface area contributed by atoms with Crippen molar-refractivity contribution in [2.45, 2.75) is 49.9 Å². The molecular weight excluding hydrogens is 291 g/mol. The molecule has 5 heteroatoms. The molecule has 1 aromatic carbocycles. The molecule has 2 aliphatic carbocycles. The van der Waals surface area contributed by atoms with E-state index in [4.69, 9.17) is 0 Å². The molecule has 2 fully saturated rings. The molecule has 1 atom stereocenters. The van der Waals surface area contributed by atoms with Gasteiger partial charge in [0.05, 0.1) is 0 Å². The van der Waals surface area contributed by atoms with Gasteiger partial charge in [0.25, 0.3) is 5.92 Å². The van der Waals surface area contributed by atoms with Crippen molar-refractivity contribution in [2.75, 3.05) is 6.54 Å². The van der Waals surface area contributed by atoms with Crippen LogP contribution in [0.5, 0.6) is 0 Å². The lowest BCUT2D eigenvalue weighted by Gasteiger charge is -2.30. The average Bonchev–Trinajstić information content (AvgIpc) is 2.89. The van der Waals surface area contributed by atoms with Crippen LogP contribution in [-0.4, -0.2) is 18.4 Å². The number of alkyl halides is 2. The molecule has 3 rings (SSSR count). The van der Waals surface area contributed by atoms with Crippen LogP contribution < -0.4 is 5.32 Å². The molecule has 0 spiro atoms. The normalized spacial score (nSPS) is 25.0. The minimum absolute atomic E-state index is 0.139. The topological polar surface area (TPSA) is 29.1 Å². The molecule has 0 radical (unpaired) electrons. The van der Waals surface area contributed by atoms with Crippen LogP contribution in [0.2, 0.25) is 0 Å². The largest absolute Gasteiger partial charge is 0.355 e. The Kier molecular flexibility index (Phi) is 3.91. The SMILES string of the molecule is O=C(C[C@@H]1CC1(F)F)NCC1(c2ccccc2F)CCCC1. The van der Waals surface area contributed by atoms with Gasteiger partial charge in [-0.15, -0.1) is 0 Å². The first-order valence-electron chi connectivity index (χ1n) is 7.82. The maximum absolute atomic E-state index is 14.1. The second-order valence-electron chi connectivity index (χ2n) is 6.61. The van der Waals surface area contributed by atoms with Gasteiger partial charge in [0.1, 0.15) is 5.82 Å². The first-order chi connectivity index (χ1) is 10.4. The number of hydrogen-bond donors (Lipinski definition) is 1. The highest BCUT2D eigenvalue weighted by Gasteiger charge is 2.57. The number of carbonyl (C=O) groups is 1. The summed E-state index contributed by atoms with van der Waals surface area (Å²) in [7, 11) is 0. The summed E-state index contributed by atoms with van der Waals surface area (Å²) >= 11 is 0. The van der Waals surface area contributed by atoms with E-state index in [1.165, 1.54) is 6.07 Å². The van der Waals surface area contributed by atoms with E-state index in [1.54, 1.807) is 18.2 Å². The van der Waals surface area contributed by atoms with Crippen LogP contribution >= 0.6 is 0 Å². The third-order valence-corrected chi connectivity index (χ3v) is 5.02. The van der Waals surface area contributed by atoms with Crippen LogP contribution in [-0.2, 0) is 10.2 Å². The Balaban J connectivity index is 1.65. The highest BCUT2D eigenvalue weighted by atomic mass is 19.3. The van der Waals surface area contributed by atoms with Crippen molar-refractivity contribution >= 4 is 5.91 Å². The number of carbonyl (C=O) groups excluding carboxylic acids is 1. The van der Waals surface area contributed by atoms with E-state index in [0.717, 1.165) is 25.7 Å². The Morgan fingerprint density at radius 2 is 1.86 bits per heavy atom. The fourth-order valence-corrected chi connectivity index (χ4v) is 3.54. The van der Waals surface area contributed by atoms with E-state index in [9.17, 15) is 18.0 Å². The molecule has 2 saturated carbocycles. The molecule has 0 heterocycles. The van der Waals surface area contributed by atoms with Crippen molar-refractivity contribution in [1.29, 1.82) is 0 Å². The lowest BCUT2D eigenvalue weighted by Crippen LogP contribution is -2.39. The van der Waals surface area contributed by atoms with Gasteiger partial charge in [-0.2, -0.15) is 0 Å². The fraction of sp³-hybridized carbons (Fsp3) is 0.588. The molecule has 0 bridgehead atoms. The van der Waals surface area contributed by atoms with Gasteiger partial charge in [0, 0.05) is 30.7 Å². The Labute approximate surface area is 128 Å². The maximum atomic E-state index is 14.1. The maximum Gasteiger partial charge on any atom is 0.252 e. The summed E-state index contributed by atoms with van der Waals surface area (Å²) in [5, 5.41) is 2.76. The van der Waals surface area contributed by atoms with E-state index in [0.29, 0.717) is 12.1 Å². The molecule has 1 aromatic rings. The minimum atomic E-state index is -2.67. The smallest absolute Gasteiger partial charge is 0.252 e. The zero-order valence-corrected chi connectivity index (χ0v) is 12.4. The summed E-state index contributed by atoms with van der Waals surface area (Å²) in [6.45, 7) is 0.324. The molecule has 0 saturated heterocycles. The van der Waals surface area contributed by atoms with Crippen LogP contribution in [0.15, 0.2) is 24.3 Å². The van der Waals surface area contributed by atoms with E-state index in [1.807, 2.05) is 0 Å². The lowest BCUT2D eigenvalue weighted by atomic mass is 9.78. The highest BCUT2D eigenvalue weighted by molar-refractivity contribution is 5.76. The van der Waals surface area contributed by atoms with E-state index >= 15 is 0 Å². The van der Waals surface area contributed by atoms with E-state index in [2.05, 4.69) is 5.32 Å². The zero-order valence-electron chi connectivity index (χ0n) is 12.4. The summed E-state index contributed by atoms with van der Waals surface area (Å²) in [6, 6.07) is 6.64. The molecule has 2 nitrogen and oxygen atoms in total. The summed E-state index contributed by atoms with van der Waals surface area (Å²) in [5.74, 6) is -4.11. The van der Waals surface area contributed by atoms with Crippen LogP contribution in [0.3, 0.4) is 0 Å². The first kappa shape index (κ1) is 15.4. The van der Waals surface area contributed by atoms with Crippen LogP contribution in [0, 0.1) is 11.7 Å². The number of amides is 1. The summed E-state index contributed by atoms with van der Waals surface area (Å²) in [5.41, 5.74) is 0.233. The second kappa shape index (κ2) is 5.60. The van der Waals surface area contributed by atoms with Gasteiger partial charge in [-0.1, -0.05) is 31.0 Å². The summed E-state index contributed by atoms with van der Waals surface area (Å²) < 4.78 is 39.8. The van der Waals surface area contributed by atoms with Crippen molar-refractivity contribution in [3.05, 3.63) is 35.6 Å². The van der Waals surface area contributed by atoms with Gasteiger partial charge in [0.2, 0.25) is 5.91 Å². The Morgan fingerprint density at radius 3 is 2.45 bits per heavy atom. The van der Waals surface area contributed by atoms with Crippen molar-refractivity contribution in [1.82, 2.24) is 5.32 Å².